The number of anilines is 2. The molecule has 1 saturated heterocycles. The highest BCUT2D eigenvalue weighted by molar-refractivity contribution is 5.90. The van der Waals surface area contributed by atoms with Crippen molar-refractivity contribution in [3.8, 4) is 5.75 Å². The van der Waals surface area contributed by atoms with Crippen molar-refractivity contribution >= 4 is 17.3 Å². The Labute approximate surface area is 182 Å². The highest BCUT2D eigenvalue weighted by atomic mass is 16.5. The normalized spacial score (nSPS) is 14.4. The van der Waals surface area contributed by atoms with Crippen molar-refractivity contribution in [2.24, 2.45) is 0 Å². The fourth-order valence-electron chi connectivity index (χ4n) is 3.70. The second-order valence-corrected chi connectivity index (χ2v) is 7.61. The van der Waals surface area contributed by atoms with Crippen LogP contribution in [-0.2, 0) is 11.3 Å². The van der Waals surface area contributed by atoms with Crippen LogP contribution < -0.4 is 15.0 Å². The van der Waals surface area contributed by atoms with Gasteiger partial charge in [-0.05, 0) is 42.0 Å². The van der Waals surface area contributed by atoms with E-state index in [9.17, 15) is 4.79 Å². The molecule has 8 nitrogen and oxygen atoms in total. The van der Waals surface area contributed by atoms with Crippen LogP contribution in [0, 0.1) is 0 Å². The van der Waals surface area contributed by atoms with E-state index >= 15 is 0 Å². The van der Waals surface area contributed by atoms with Gasteiger partial charge in [0.1, 0.15) is 18.4 Å². The summed E-state index contributed by atoms with van der Waals surface area (Å²) in [4.78, 5) is 21.0. The summed E-state index contributed by atoms with van der Waals surface area (Å²) in [6, 6.07) is 16.0. The summed E-state index contributed by atoms with van der Waals surface area (Å²) in [5.41, 5.74) is 3.14. The quantitative estimate of drug-likeness (QED) is 0.604. The van der Waals surface area contributed by atoms with E-state index in [4.69, 9.17) is 4.74 Å². The summed E-state index contributed by atoms with van der Waals surface area (Å²) >= 11 is 0. The van der Waals surface area contributed by atoms with E-state index in [-0.39, 0.29) is 5.91 Å². The van der Waals surface area contributed by atoms with Crippen molar-refractivity contribution in [3.63, 3.8) is 0 Å². The molecule has 1 amide bonds. The summed E-state index contributed by atoms with van der Waals surface area (Å²) in [6.45, 7) is 5.26. The van der Waals surface area contributed by atoms with E-state index < -0.39 is 0 Å². The third-order valence-corrected chi connectivity index (χ3v) is 5.51. The lowest BCUT2D eigenvalue weighted by Gasteiger charge is -2.36. The maximum absolute atomic E-state index is 12.4. The monoisotopic (exact) mass is 420 g/mol. The van der Waals surface area contributed by atoms with Gasteiger partial charge in [-0.3, -0.25) is 9.69 Å². The highest BCUT2D eigenvalue weighted by Gasteiger charge is 2.18. The zero-order valence-electron chi connectivity index (χ0n) is 17.8. The standard InChI is InChI=1S/C23H28N6O2/c1-31-22-8-6-21(7-9-22)28-14-12-27(13-15-28)11-10-23(30)26-20-4-2-19(3-5-20)16-29-18-24-17-25-29/h2-9,17-18H,10-16H2,1H3,(H,26,30). The summed E-state index contributed by atoms with van der Waals surface area (Å²) < 4.78 is 6.99. The molecule has 162 valence electrons. The van der Waals surface area contributed by atoms with Crippen molar-refractivity contribution in [2.75, 3.05) is 50.1 Å². The molecule has 4 rings (SSSR count). The summed E-state index contributed by atoms with van der Waals surface area (Å²) in [6.07, 6.45) is 3.70. The molecule has 1 aliphatic heterocycles. The van der Waals surface area contributed by atoms with Gasteiger partial charge in [0.05, 0.1) is 13.7 Å². The minimum atomic E-state index is 0.0432. The van der Waals surface area contributed by atoms with E-state index in [0.717, 1.165) is 49.7 Å². The second-order valence-electron chi connectivity index (χ2n) is 7.61. The van der Waals surface area contributed by atoms with Gasteiger partial charge in [-0.25, -0.2) is 9.67 Å². The lowest BCUT2D eigenvalue weighted by Crippen LogP contribution is -2.47. The number of carbonyl (C=O) groups excluding carboxylic acids is 1. The topological polar surface area (TPSA) is 75.5 Å². The van der Waals surface area contributed by atoms with Crippen LogP contribution in [0.25, 0.3) is 0 Å². The van der Waals surface area contributed by atoms with E-state index in [1.54, 1.807) is 18.1 Å². The third kappa shape index (κ3) is 5.82. The Morgan fingerprint density at radius 2 is 1.77 bits per heavy atom. The number of methoxy groups -OCH3 is 1. The number of nitrogens with one attached hydrogen (secondary N) is 1. The molecule has 2 aromatic carbocycles. The fourth-order valence-corrected chi connectivity index (χ4v) is 3.70. The average molecular weight is 421 g/mol. The molecule has 31 heavy (non-hydrogen) atoms. The first-order valence-corrected chi connectivity index (χ1v) is 10.5. The van der Waals surface area contributed by atoms with Crippen LogP contribution in [0.15, 0.2) is 61.2 Å². The molecule has 3 aromatic rings. The SMILES string of the molecule is COc1ccc(N2CCN(CCC(=O)Nc3ccc(Cn4cncn4)cc3)CC2)cc1. The number of benzene rings is 2. The number of carbonyl (C=O) groups is 1. The maximum atomic E-state index is 12.4. The van der Waals surface area contributed by atoms with Gasteiger partial charge in [0.25, 0.3) is 0 Å². The van der Waals surface area contributed by atoms with E-state index in [2.05, 4.69) is 37.3 Å². The molecule has 0 saturated carbocycles. The molecule has 0 spiro atoms. The van der Waals surface area contributed by atoms with Crippen molar-refractivity contribution in [1.82, 2.24) is 19.7 Å². The molecular formula is C23H28N6O2. The van der Waals surface area contributed by atoms with Crippen LogP contribution in [0.1, 0.15) is 12.0 Å². The molecular weight excluding hydrogens is 392 g/mol. The Bertz CT molecular complexity index is 949. The van der Waals surface area contributed by atoms with Crippen LogP contribution in [0.2, 0.25) is 0 Å². The van der Waals surface area contributed by atoms with E-state index in [1.165, 1.54) is 12.0 Å². The number of ether oxygens (including phenoxy) is 1. The Balaban J connectivity index is 1.18. The number of rotatable bonds is 8. The molecule has 1 fully saturated rings. The molecule has 0 unspecified atom stereocenters. The number of amides is 1. The van der Waals surface area contributed by atoms with Crippen molar-refractivity contribution in [2.45, 2.75) is 13.0 Å². The van der Waals surface area contributed by atoms with Crippen LogP contribution >= 0.6 is 0 Å². The second kappa shape index (κ2) is 10.1. The molecule has 0 atom stereocenters. The van der Waals surface area contributed by atoms with Gasteiger partial charge in [-0.15, -0.1) is 0 Å². The zero-order valence-corrected chi connectivity index (χ0v) is 17.8. The van der Waals surface area contributed by atoms with Gasteiger partial charge >= 0.3 is 0 Å². The predicted molar refractivity (Wildman–Crippen MR) is 120 cm³/mol. The minimum absolute atomic E-state index is 0.0432. The number of nitrogens with zero attached hydrogens (tertiary/aromatic N) is 5. The summed E-state index contributed by atoms with van der Waals surface area (Å²) in [5.74, 6) is 0.917. The van der Waals surface area contributed by atoms with Gasteiger partial charge in [-0.1, -0.05) is 12.1 Å². The molecule has 0 radical (unpaired) electrons. The Morgan fingerprint density at radius 1 is 1.03 bits per heavy atom. The van der Waals surface area contributed by atoms with Crippen molar-refractivity contribution in [1.29, 1.82) is 0 Å². The van der Waals surface area contributed by atoms with Gasteiger partial charge in [0, 0.05) is 50.5 Å². The zero-order chi connectivity index (χ0) is 21.5. The number of piperazine rings is 1. The van der Waals surface area contributed by atoms with Crippen LogP contribution in [0.3, 0.4) is 0 Å². The predicted octanol–water partition coefficient (Wildman–Crippen LogP) is 2.49. The highest BCUT2D eigenvalue weighted by Crippen LogP contribution is 2.20. The van der Waals surface area contributed by atoms with Crippen LogP contribution in [-0.4, -0.2) is 65.4 Å². The lowest BCUT2D eigenvalue weighted by molar-refractivity contribution is -0.116. The molecule has 1 aliphatic rings. The maximum Gasteiger partial charge on any atom is 0.225 e. The molecule has 1 N–H and O–H groups in total. The Kier molecular flexibility index (Phi) is 6.78. The van der Waals surface area contributed by atoms with Gasteiger partial charge in [0.15, 0.2) is 0 Å². The van der Waals surface area contributed by atoms with Gasteiger partial charge in [-0.2, -0.15) is 5.10 Å². The van der Waals surface area contributed by atoms with Gasteiger partial charge in [0.2, 0.25) is 5.91 Å². The van der Waals surface area contributed by atoms with Gasteiger partial charge < -0.3 is 15.0 Å². The first kappa shape index (κ1) is 20.9. The number of aromatic nitrogens is 3. The molecule has 2 heterocycles. The largest absolute Gasteiger partial charge is 0.497 e. The molecule has 0 bridgehead atoms. The third-order valence-electron chi connectivity index (χ3n) is 5.51. The first-order valence-electron chi connectivity index (χ1n) is 10.5. The van der Waals surface area contributed by atoms with E-state index in [1.807, 2.05) is 36.4 Å². The fraction of sp³-hybridized carbons (Fsp3) is 0.348. The Hall–Kier alpha value is -3.39. The van der Waals surface area contributed by atoms with Crippen molar-refractivity contribution < 1.29 is 9.53 Å². The smallest absolute Gasteiger partial charge is 0.225 e. The molecule has 0 aliphatic carbocycles. The summed E-state index contributed by atoms with van der Waals surface area (Å²) in [5, 5.41) is 7.09. The lowest BCUT2D eigenvalue weighted by atomic mass is 10.2. The minimum Gasteiger partial charge on any atom is -0.497 e. The molecule has 1 aromatic heterocycles. The van der Waals surface area contributed by atoms with E-state index in [0.29, 0.717) is 13.0 Å². The number of hydrogen-bond acceptors (Lipinski definition) is 6. The van der Waals surface area contributed by atoms with Crippen molar-refractivity contribution in [3.05, 3.63) is 66.7 Å². The summed E-state index contributed by atoms with van der Waals surface area (Å²) in [7, 11) is 1.68. The Morgan fingerprint density at radius 3 is 2.42 bits per heavy atom. The first-order chi connectivity index (χ1) is 15.2. The molecule has 8 heteroatoms. The average Bonchev–Trinajstić information content (AvgIpc) is 3.32. The number of hydrogen-bond donors (Lipinski definition) is 1. The van der Waals surface area contributed by atoms with Crippen LogP contribution in [0.4, 0.5) is 11.4 Å². The van der Waals surface area contributed by atoms with Crippen LogP contribution in [0.5, 0.6) is 5.75 Å².